The lowest BCUT2D eigenvalue weighted by Crippen LogP contribution is -2.64. The second-order valence-electron chi connectivity index (χ2n) is 11.1. The van der Waals surface area contributed by atoms with Gasteiger partial charge in [-0.2, -0.15) is 0 Å². The molecule has 4 nitrogen and oxygen atoms in total. The number of hydrogen-bond donors (Lipinski definition) is 2. The molecule has 0 aliphatic heterocycles. The molecule has 0 aromatic heterocycles. The fraction of sp³-hybridized carbons (Fsp3) is 0.667. The summed E-state index contributed by atoms with van der Waals surface area (Å²) in [5, 5.41) is 22.7. The fourth-order valence-corrected chi connectivity index (χ4v) is 8.20. The molecule has 168 valence electrons. The standard InChI is InChI=1S/C27H36O4/c1-16(28)31-18-11-13-27(3)21-12-14-26(2)19(17-7-5-4-6-8-17)9-10-20(26)23(21)25(30)24(29)22(27)15-18/h4-9,18,20-25,29-30H,10-15H2,1-3H3/t18-,20-,21-,22+,23?,24+,25+,26+,27+/m0/s1. The lowest BCUT2D eigenvalue weighted by molar-refractivity contribution is -0.219. The number of fused-ring (bicyclic) bond motifs is 5. The molecule has 2 N–H and O–H groups in total. The first-order valence-electron chi connectivity index (χ1n) is 12.0. The van der Waals surface area contributed by atoms with Crippen LogP contribution < -0.4 is 0 Å². The van der Waals surface area contributed by atoms with Gasteiger partial charge in [-0.3, -0.25) is 4.79 Å². The van der Waals surface area contributed by atoms with Crippen LogP contribution in [0.1, 0.15) is 64.9 Å². The molecule has 1 aromatic rings. The Kier molecular flexibility index (Phi) is 5.10. The summed E-state index contributed by atoms with van der Waals surface area (Å²) in [6.07, 6.45) is 6.43. The van der Waals surface area contributed by atoms with Crippen molar-refractivity contribution in [1.82, 2.24) is 0 Å². The highest BCUT2D eigenvalue weighted by atomic mass is 16.5. The Morgan fingerprint density at radius 3 is 2.45 bits per heavy atom. The predicted octanol–water partition coefficient (Wildman–Crippen LogP) is 4.60. The van der Waals surface area contributed by atoms with E-state index in [4.69, 9.17) is 4.74 Å². The number of ether oxygens (including phenoxy) is 1. The molecule has 3 saturated carbocycles. The van der Waals surface area contributed by atoms with Gasteiger partial charge in [-0.15, -0.1) is 0 Å². The lowest BCUT2D eigenvalue weighted by atomic mass is 9.43. The molecule has 9 atom stereocenters. The molecule has 1 aromatic carbocycles. The Labute approximate surface area is 185 Å². The number of rotatable bonds is 2. The third-order valence-electron chi connectivity index (χ3n) is 9.70. The summed E-state index contributed by atoms with van der Waals surface area (Å²) in [5.74, 6) is 0.592. The van der Waals surface area contributed by atoms with Crippen LogP contribution >= 0.6 is 0 Å². The molecule has 3 fully saturated rings. The van der Waals surface area contributed by atoms with Gasteiger partial charge in [0.1, 0.15) is 6.10 Å². The van der Waals surface area contributed by atoms with Crippen LogP contribution in [0.15, 0.2) is 36.4 Å². The molecule has 0 spiro atoms. The summed E-state index contributed by atoms with van der Waals surface area (Å²) in [5.41, 5.74) is 2.74. The van der Waals surface area contributed by atoms with E-state index in [0.717, 1.165) is 32.1 Å². The molecule has 31 heavy (non-hydrogen) atoms. The summed E-state index contributed by atoms with van der Waals surface area (Å²) >= 11 is 0. The summed E-state index contributed by atoms with van der Waals surface area (Å²) < 4.78 is 5.51. The highest BCUT2D eigenvalue weighted by Gasteiger charge is 2.64. The quantitative estimate of drug-likeness (QED) is 0.681. The van der Waals surface area contributed by atoms with Gasteiger partial charge >= 0.3 is 5.97 Å². The van der Waals surface area contributed by atoms with Crippen LogP contribution in [0.2, 0.25) is 0 Å². The molecule has 4 heteroatoms. The van der Waals surface area contributed by atoms with Crippen molar-refractivity contribution in [2.24, 2.45) is 34.5 Å². The van der Waals surface area contributed by atoms with Crippen LogP contribution in [0.5, 0.6) is 0 Å². The zero-order valence-electron chi connectivity index (χ0n) is 19.0. The van der Waals surface area contributed by atoms with Crippen LogP contribution in [0, 0.1) is 34.5 Å². The van der Waals surface area contributed by atoms with Crippen molar-refractivity contribution in [1.29, 1.82) is 0 Å². The molecule has 4 aliphatic rings. The fourth-order valence-electron chi connectivity index (χ4n) is 8.20. The number of hydrogen-bond acceptors (Lipinski definition) is 4. The van der Waals surface area contributed by atoms with E-state index in [1.807, 2.05) is 0 Å². The van der Waals surface area contributed by atoms with Gasteiger partial charge in [0.05, 0.1) is 12.2 Å². The van der Waals surface area contributed by atoms with E-state index in [9.17, 15) is 15.0 Å². The number of carbonyl (C=O) groups excluding carboxylic acids is 1. The van der Waals surface area contributed by atoms with Crippen molar-refractivity contribution in [2.45, 2.75) is 77.6 Å². The van der Waals surface area contributed by atoms with Gasteiger partial charge in [-0.1, -0.05) is 50.3 Å². The molecule has 0 bridgehead atoms. The van der Waals surface area contributed by atoms with Crippen LogP contribution in [0.3, 0.4) is 0 Å². The molecule has 0 radical (unpaired) electrons. The predicted molar refractivity (Wildman–Crippen MR) is 120 cm³/mol. The van der Waals surface area contributed by atoms with E-state index in [1.165, 1.54) is 18.1 Å². The van der Waals surface area contributed by atoms with Crippen LogP contribution in [0.4, 0.5) is 0 Å². The largest absolute Gasteiger partial charge is 0.463 e. The van der Waals surface area contributed by atoms with Gasteiger partial charge in [0.15, 0.2) is 0 Å². The zero-order chi connectivity index (χ0) is 22.0. The maximum absolute atomic E-state index is 11.5. The van der Waals surface area contributed by atoms with Crippen LogP contribution in [0.25, 0.3) is 5.57 Å². The van der Waals surface area contributed by atoms with Crippen LogP contribution in [-0.2, 0) is 9.53 Å². The van der Waals surface area contributed by atoms with Gasteiger partial charge in [-0.05, 0) is 84.2 Å². The van der Waals surface area contributed by atoms with E-state index >= 15 is 0 Å². The second-order valence-corrected chi connectivity index (χ2v) is 11.1. The van der Waals surface area contributed by atoms with Crippen molar-refractivity contribution < 1.29 is 19.7 Å². The van der Waals surface area contributed by atoms with Crippen molar-refractivity contribution >= 4 is 11.5 Å². The second kappa shape index (κ2) is 7.45. The highest BCUT2D eigenvalue weighted by molar-refractivity contribution is 5.73. The van der Waals surface area contributed by atoms with Gasteiger partial charge in [0, 0.05) is 6.92 Å². The molecule has 4 aliphatic carbocycles. The number of benzene rings is 1. The molecule has 5 rings (SSSR count). The number of allylic oxidation sites excluding steroid dienone is 2. The minimum atomic E-state index is -0.757. The molecule has 0 heterocycles. The minimum Gasteiger partial charge on any atom is -0.463 e. The third kappa shape index (κ3) is 3.13. The first-order valence-corrected chi connectivity index (χ1v) is 12.0. The Balaban J connectivity index is 1.45. The molecular weight excluding hydrogens is 388 g/mol. The highest BCUT2D eigenvalue weighted by Crippen LogP contribution is 2.67. The van der Waals surface area contributed by atoms with E-state index in [1.54, 1.807) is 0 Å². The molecule has 0 saturated heterocycles. The van der Waals surface area contributed by atoms with E-state index < -0.39 is 12.2 Å². The third-order valence-corrected chi connectivity index (χ3v) is 9.70. The number of carbonyl (C=O) groups is 1. The minimum absolute atomic E-state index is 0.0171. The lowest BCUT2D eigenvalue weighted by Gasteiger charge is -2.63. The van der Waals surface area contributed by atoms with Crippen molar-refractivity contribution in [3.63, 3.8) is 0 Å². The number of aliphatic hydroxyl groups is 2. The van der Waals surface area contributed by atoms with Gasteiger partial charge in [0.25, 0.3) is 0 Å². The Morgan fingerprint density at radius 2 is 1.74 bits per heavy atom. The average Bonchev–Trinajstić information content (AvgIpc) is 3.10. The van der Waals surface area contributed by atoms with Crippen molar-refractivity contribution in [2.75, 3.05) is 0 Å². The van der Waals surface area contributed by atoms with E-state index in [2.05, 4.69) is 50.3 Å². The summed E-state index contributed by atoms with van der Waals surface area (Å²) in [7, 11) is 0. The molecule has 1 unspecified atom stereocenters. The summed E-state index contributed by atoms with van der Waals surface area (Å²) in [6.45, 7) is 6.16. The number of esters is 1. The maximum atomic E-state index is 11.5. The zero-order valence-corrected chi connectivity index (χ0v) is 19.0. The maximum Gasteiger partial charge on any atom is 0.302 e. The van der Waals surface area contributed by atoms with Gasteiger partial charge in [-0.25, -0.2) is 0 Å². The Morgan fingerprint density at radius 1 is 1.00 bits per heavy atom. The monoisotopic (exact) mass is 424 g/mol. The van der Waals surface area contributed by atoms with E-state index in [-0.39, 0.29) is 34.7 Å². The number of aliphatic hydroxyl groups excluding tert-OH is 2. The Bertz CT molecular complexity index is 878. The topological polar surface area (TPSA) is 66.8 Å². The summed E-state index contributed by atoms with van der Waals surface area (Å²) in [6, 6.07) is 10.7. The molecule has 0 amide bonds. The average molecular weight is 425 g/mol. The smallest absolute Gasteiger partial charge is 0.302 e. The summed E-state index contributed by atoms with van der Waals surface area (Å²) in [4.78, 5) is 11.5. The first-order chi connectivity index (χ1) is 14.8. The van der Waals surface area contributed by atoms with Crippen molar-refractivity contribution in [3.8, 4) is 0 Å². The van der Waals surface area contributed by atoms with Crippen LogP contribution in [-0.4, -0.2) is 34.5 Å². The SMILES string of the molecule is CC(=O)O[C@H]1CC[C@@]2(C)[C@H](C1)[C@@H](O)[C@H](O)C1[C@@H]2CC[C@]2(C)C(c3ccccc3)=CC[C@@H]12. The van der Waals surface area contributed by atoms with Crippen molar-refractivity contribution in [3.05, 3.63) is 42.0 Å². The van der Waals surface area contributed by atoms with Gasteiger partial charge in [0.2, 0.25) is 0 Å². The molecular formula is C27H36O4. The first kappa shape index (κ1) is 21.2. The Hall–Kier alpha value is -1.65. The van der Waals surface area contributed by atoms with Gasteiger partial charge < -0.3 is 14.9 Å². The normalized spacial score (nSPS) is 46.4. The van der Waals surface area contributed by atoms with E-state index in [0.29, 0.717) is 18.3 Å².